The molecule has 1 fully saturated rings. The van der Waals surface area contributed by atoms with Crippen molar-refractivity contribution in [1.29, 1.82) is 0 Å². The molecule has 2 aliphatic heterocycles. The Hall–Kier alpha value is -3.19. The second-order valence-corrected chi connectivity index (χ2v) is 8.43. The van der Waals surface area contributed by atoms with Crippen LogP contribution >= 0.6 is 0 Å². The fourth-order valence-electron chi connectivity index (χ4n) is 4.12. The third-order valence-electron chi connectivity index (χ3n) is 5.82. The molecule has 0 atom stereocenters. The van der Waals surface area contributed by atoms with E-state index in [0.29, 0.717) is 31.0 Å². The largest absolute Gasteiger partial charge is 0.377 e. The van der Waals surface area contributed by atoms with Gasteiger partial charge in [-0.15, -0.1) is 0 Å². The van der Waals surface area contributed by atoms with Crippen LogP contribution in [0.1, 0.15) is 25.0 Å². The van der Waals surface area contributed by atoms with Crippen LogP contribution in [-0.4, -0.2) is 72.0 Å². The average molecular weight is 435 g/mol. The lowest BCUT2D eigenvalue weighted by Crippen LogP contribution is -2.48. The number of hydrogen-bond acceptors (Lipinski definition) is 6. The fraction of sp³-hybridized carbons (Fsp3) is 0.400. The zero-order valence-electron chi connectivity index (χ0n) is 19.0. The first-order valence-electron chi connectivity index (χ1n) is 11.2. The van der Waals surface area contributed by atoms with E-state index < -0.39 is 0 Å². The number of ether oxygens (including phenoxy) is 1. The summed E-state index contributed by atoms with van der Waals surface area (Å²) in [5.74, 6) is 0.457. The van der Waals surface area contributed by atoms with Crippen LogP contribution in [0.15, 0.2) is 54.4 Å². The highest BCUT2D eigenvalue weighted by molar-refractivity contribution is 6.35. The molecule has 7 nitrogen and oxygen atoms in total. The zero-order valence-corrected chi connectivity index (χ0v) is 19.0. The molecule has 0 radical (unpaired) electrons. The van der Waals surface area contributed by atoms with Gasteiger partial charge in [0, 0.05) is 32.4 Å². The van der Waals surface area contributed by atoms with Crippen LogP contribution in [0.5, 0.6) is 0 Å². The molecule has 0 aliphatic carbocycles. The molecule has 0 spiro atoms. The minimum absolute atomic E-state index is 0.0477. The van der Waals surface area contributed by atoms with E-state index in [-0.39, 0.29) is 24.5 Å². The molecular weight excluding hydrogens is 404 g/mol. The molecule has 168 valence electrons. The fourth-order valence-corrected chi connectivity index (χ4v) is 4.12. The summed E-state index contributed by atoms with van der Waals surface area (Å²) in [7, 11) is 0. The van der Waals surface area contributed by atoms with Crippen LogP contribution in [0.2, 0.25) is 0 Å². The lowest BCUT2D eigenvalue weighted by molar-refractivity contribution is -0.138. The van der Waals surface area contributed by atoms with Crippen molar-refractivity contribution in [2.75, 3.05) is 44.2 Å². The molecule has 3 heterocycles. The molecule has 2 aliphatic rings. The summed E-state index contributed by atoms with van der Waals surface area (Å²) in [4.78, 5) is 36.8. The number of pyridine rings is 1. The standard InChI is InChI=1S/C25H30N4O3/c1-18(2)32-17-16-29-24(30)22(20-9-7-19(3)8-10-20)23(25(29)31)28-14-12-27(13-15-28)21-6-4-5-11-26-21/h4-11,18H,12-17H2,1-3H3. The summed E-state index contributed by atoms with van der Waals surface area (Å²) < 4.78 is 5.61. The van der Waals surface area contributed by atoms with Gasteiger partial charge in [0.15, 0.2) is 0 Å². The maximum atomic E-state index is 13.4. The lowest BCUT2D eigenvalue weighted by atomic mass is 10.0. The topological polar surface area (TPSA) is 66.0 Å². The Labute approximate surface area is 189 Å². The quantitative estimate of drug-likeness (QED) is 0.625. The molecule has 7 heteroatoms. The summed E-state index contributed by atoms with van der Waals surface area (Å²) >= 11 is 0. The molecule has 0 N–H and O–H groups in total. The molecule has 1 saturated heterocycles. The van der Waals surface area contributed by atoms with Gasteiger partial charge in [-0.05, 0) is 38.5 Å². The van der Waals surface area contributed by atoms with E-state index in [4.69, 9.17) is 4.74 Å². The van der Waals surface area contributed by atoms with E-state index in [1.54, 1.807) is 6.20 Å². The molecule has 2 amide bonds. The first-order chi connectivity index (χ1) is 15.5. The highest BCUT2D eigenvalue weighted by Crippen LogP contribution is 2.32. The normalized spacial score (nSPS) is 17.2. The average Bonchev–Trinajstić information content (AvgIpc) is 3.05. The highest BCUT2D eigenvalue weighted by Gasteiger charge is 2.42. The maximum Gasteiger partial charge on any atom is 0.277 e. The van der Waals surface area contributed by atoms with Gasteiger partial charge >= 0.3 is 0 Å². The number of anilines is 1. The van der Waals surface area contributed by atoms with Crippen LogP contribution in [0.4, 0.5) is 5.82 Å². The van der Waals surface area contributed by atoms with Gasteiger partial charge in [-0.3, -0.25) is 14.5 Å². The van der Waals surface area contributed by atoms with Crippen molar-refractivity contribution in [2.45, 2.75) is 26.9 Å². The van der Waals surface area contributed by atoms with E-state index in [2.05, 4.69) is 14.8 Å². The number of imide groups is 1. The Morgan fingerprint density at radius 1 is 0.938 bits per heavy atom. The number of nitrogens with zero attached hydrogens (tertiary/aromatic N) is 4. The Bertz CT molecular complexity index is 994. The van der Waals surface area contributed by atoms with Crippen LogP contribution in [-0.2, 0) is 14.3 Å². The number of piperazine rings is 1. The van der Waals surface area contributed by atoms with E-state index in [1.165, 1.54) is 4.90 Å². The Morgan fingerprint density at radius 3 is 2.25 bits per heavy atom. The van der Waals surface area contributed by atoms with Crippen LogP contribution in [0, 0.1) is 6.92 Å². The first kappa shape index (κ1) is 22.0. The third kappa shape index (κ3) is 4.53. The second-order valence-electron chi connectivity index (χ2n) is 8.43. The van der Waals surface area contributed by atoms with Crippen molar-refractivity contribution >= 4 is 23.2 Å². The molecule has 1 aromatic heterocycles. The van der Waals surface area contributed by atoms with Gasteiger partial charge in [0.25, 0.3) is 11.8 Å². The highest BCUT2D eigenvalue weighted by atomic mass is 16.5. The van der Waals surface area contributed by atoms with Gasteiger partial charge < -0.3 is 14.5 Å². The van der Waals surface area contributed by atoms with Gasteiger partial charge in [-0.25, -0.2) is 4.98 Å². The van der Waals surface area contributed by atoms with E-state index in [1.807, 2.05) is 63.2 Å². The molecule has 0 bridgehead atoms. The summed E-state index contributed by atoms with van der Waals surface area (Å²) in [5, 5.41) is 0. The zero-order chi connectivity index (χ0) is 22.7. The monoisotopic (exact) mass is 434 g/mol. The Morgan fingerprint density at radius 2 is 1.62 bits per heavy atom. The Kier molecular flexibility index (Phi) is 6.55. The number of aryl methyl sites for hydroxylation is 1. The van der Waals surface area contributed by atoms with Gasteiger partial charge in [0.05, 0.1) is 24.8 Å². The maximum absolute atomic E-state index is 13.4. The number of benzene rings is 1. The number of amides is 2. The third-order valence-corrected chi connectivity index (χ3v) is 5.82. The van der Waals surface area contributed by atoms with E-state index >= 15 is 0 Å². The molecular formula is C25H30N4O3. The number of aromatic nitrogens is 1. The molecule has 2 aromatic rings. The molecule has 0 unspecified atom stereocenters. The SMILES string of the molecule is Cc1ccc(C2=C(N3CCN(c4ccccn4)CC3)C(=O)N(CCOC(C)C)C2=O)cc1. The van der Waals surface area contributed by atoms with Crippen molar-refractivity contribution in [3.05, 3.63) is 65.5 Å². The number of carbonyl (C=O) groups excluding carboxylic acids is 2. The van der Waals surface area contributed by atoms with Crippen molar-refractivity contribution in [3.8, 4) is 0 Å². The summed E-state index contributed by atoms with van der Waals surface area (Å²) in [6.45, 7) is 9.24. The lowest BCUT2D eigenvalue weighted by Gasteiger charge is -2.37. The van der Waals surface area contributed by atoms with E-state index in [9.17, 15) is 9.59 Å². The van der Waals surface area contributed by atoms with Crippen molar-refractivity contribution in [1.82, 2.24) is 14.8 Å². The summed E-state index contributed by atoms with van der Waals surface area (Å²) in [6.07, 6.45) is 1.84. The molecule has 0 saturated carbocycles. The number of hydrogen-bond donors (Lipinski definition) is 0. The van der Waals surface area contributed by atoms with Gasteiger partial charge in [0.2, 0.25) is 0 Å². The second kappa shape index (κ2) is 9.53. The first-order valence-corrected chi connectivity index (χ1v) is 11.2. The van der Waals surface area contributed by atoms with Crippen molar-refractivity contribution in [2.24, 2.45) is 0 Å². The van der Waals surface area contributed by atoms with Crippen LogP contribution < -0.4 is 4.90 Å². The summed E-state index contributed by atoms with van der Waals surface area (Å²) in [5.41, 5.74) is 2.89. The predicted molar refractivity (Wildman–Crippen MR) is 124 cm³/mol. The smallest absolute Gasteiger partial charge is 0.277 e. The predicted octanol–water partition coefficient (Wildman–Crippen LogP) is 2.72. The minimum Gasteiger partial charge on any atom is -0.377 e. The number of rotatable bonds is 7. The molecule has 32 heavy (non-hydrogen) atoms. The molecule has 4 rings (SSSR count). The summed E-state index contributed by atoms with van der Waals surface area (Å²) in [6, 6.07) is 13.7. The van der Waals surface area contributed by atoms with Gasteiger partial charge in [-0.1, -0.05) is 35.9 Å². The minimum atomic E-state index is -0.242. The van der Waals surface area contributed by atoms with Crippen LogP contribution in [0.25, 0.3) is 5.57 Å². The molecule has 1 aromatic carbocycles. The van der Waals surface area contributed by atoms with Crippen molar-refractivity contribution in [3.63, 3.8) is 0 Å². The Balaban J connectivity index is 1.59. The van der Waals surface area contributed by atoms with Gasteiger partial charge in [-0.2, -0.15) is 0 Å². The van der Waals surface area contributed by atoms with Crippen LogP contribution in [0.3, 0.4) is 0 Å². The van der Waals surface area contributed by atoms with Crippen molar-refractivity contribution < 1.29 is 14.3 Å². The van der Waals surface area contributed by atoms with Gasteiger partial charge in [0.1, 0.15) is 11.5 Å². The number of carbonyl (C=O) groups is 2. The van der Waals surface area contributed by atoms with E-state index in [0.717, 1.165) is 30.0 Å².